The lowest BCUT2D eigenvalue weighted by molar-refractivity contribution is -0.187. The van der Waals surface area contributed by atoms with Crippen molar-refractivity contribution in [1.82, 2.24) is 0 Å². The Morgan fingerprint density at radius 3 is 2.24 bits per heavy atom. The summed E-state index contributed by atoms with van der Waals surface area (Å²) in [6.45, 7) is 2.52. The van der Waals surface area contributed by atoms with Gasteiger partial charge in [-0.1, -0.05) is 20.3 Å². The quantitative estimate of drug-likeness (QED) is 0.409. The maximum atomic E-state index is 13.9. The van der Waals surface area contributed by atoms with E-state index < -0.39 is 35.9 Å². The largest absolute Gasteiger partial charge is 0.477 e. The van der Waals surface area contributed by atoms with Gasteiger partial charge in [0.15, 0.2) is 12.9 Å². The predicted molar refractivity (Wildman–Crippen MR) is 115 cm³/mol. The number of benzene rings is 1. The highest BCUT2D eigenvalue weighted by Gasteiger charge is 2.54. The van der Waals surface area contributed by atoms with Crippen LogP contribution in [-0.4, -0.2) is 47.9 Å². The third-order valence-corrected chi connectivity index (χ3v) is 7.68. The standard InChI is InChI=1S/C25H30F2O7/c1-13(2)21(25(26,27)24(30)31)34-23(29)15-8-6-14(7-9-15)22(28)33-12-32-20-11-16-10-19(20)18-5-3-4-17(16)18/h6-9,13,16-21H,3-5,10-12H2,1-2H3,(H,30,31). The van der Waals surface area contributed by atoms with Gasteiger partial charge in [-0.25, -0.2) is 14.4 Å². The molecule has 186 valence electrons. The van der Waals surface area contributed by atoms with Crippen LogP contribution in [0.1, 0.15) is 66.7 Å². The van der Waals surface area contributed by atoms with Crippen molar-refractivity contribution in [1.29, 1.82) is 0 Å². The lowest BCUT2D eigenvalue weighted by Crippen LogP contribution is -2.47. The van der Waals surface area contributed by atoms with Gasteiger partial charge >= 0.3 is 23.8 Å². The second-order valence-corrected chi connectivity index (χ2v) is 9.98. The zero-order chi connectivity index (χ0) is 24.6. The number of esters is 2. The molecular formula is C25H30F2O7. The van der Waals surface area contributed by atoms with E-state index in [2.05, 4.69) is 0 Å². The van der Waals surface area contributed by atoms with Crippen molar-refractivity contribution in [2.24, 2.45) is 29.6 Å². The van der Waals surface area contributed by atoms with Crippen molar-refractivity contribution >= 4 is 17.9 Å². The molecule has 0 amide bonds. The van der Waals surface area contributed by atoms with Gasteiger partial charge in [-0.3, -0.25) is 0 Å². The summed E-state index contributed by atoms with van der Waals surface area (Å²) in [6.07, 6.45) is 4.13. The predicted octanol–water partition coefficient (Wildman–Crippen LogP) is 4.54. The number of carbonyl (C=O) groups is 3. The van der Waals surface area contributed by atoms with Gasteiger partial charge in [-0.2, -0.15) is 8.78 Å². The van der Waals surface area contributed by atoms with Crippen LogP contribution < -0.4 is 0 Å². The Bertz CT molecular complexity index is 930. The minimum atomic E-state index is -4.23. The van der Waals surface area contributed by atoms with Crippen molar-refractivity contribution in [3.05, 3.63) is 35.4 Å². The first kappa shape index (κ1) is 24.6. The first-order valence-electron chi connectivity index (χ1n) is 11.8. The monoisotopic (exact) mass is 480 g/mol. The molecule has 3 aliphatic carbocycles. The van der Waals surface area contributed by atoms with Crippen LogP contribution in [0.4, 0.5) is 8.78 Å². The van der Waals surface area contributed by atoms with Crippen LogP contribution >= 0.6 is 0 Å². The summed E-state index contributed by atoms with van der Waals surface area (Å²) >= 11 is 0. The highest BCUT2D eigenvalue weighted by atomic mass is 19.3. The van der Waals surface area contributed by atoms with Gasteiger partial charge in [0.05, 0.1) is 17.2 Å². The van der Waals surface area contributed by atoms with Crippen molar-refractivity contribution in [3.8, 4) is 0 Å². The number of aliphatic carboxylic acids is 1. The number of carboxylic acid groups (broad SMARTS) is 1. The Labute approximate surface area is 196 Å². The summed E-state index contributed by atoms with van der Waals surface area (Å²) in [4.78, 5) is 35.5. The molecule has 34 heavy (non-hydrogen) atoms. The van der Waals surface area contributed by atoms with E-state index >= 15 is 0 Å². The fraction of sp³-hybridized carbons (Fsp3) is 0.640. The second kappa shape index (κ2) is 9.60. The van der Waals surface area contributed by atoms with Gasteiger partial charge in [0.1, 0.15) is 0 Å². The highest BCUT2D eigenvalue weighted by molar-refractivity contribution is 5.93. The van der Waals surface area contributed by atoms with Crippen LogP contribution in [0.2, 0.25) is 0 Å². The molecule has 3 fully saturated rings. The number of halogens is 2. The number of fused-ring (bicyclic) bond motifs is 5. The summed E-state index contributed by atoms with van der Waals surface area (Å²) in [6, 6.07) is 5.12. The van der Waals surface area contributed by atoms with Gasteiger partial charge in [0, 0.05) is 0 Å². The average Bonchev–Trinajstić information content (AvgIpc) is 3.50. The summed E-state index contributed by atoms with van der Waals surface area (Å²) in [7, 11) is 0. The topological polar surface area (TPSA) is 99.1 Å². The normalized spacial score (nSPS) is 28.6. The molecule has 4 rings (SSSR count). The summed E-state index contributed by atoms with van der Waals surface area (Å²) < 4.78 is 43.7. The second-order valence-electron chi connectivity index (χ2n) is 9.98. The molecule has 1 aromatic rings. The number of hydrogen-bond donors (Lipinski definition) is 1. The van der Waals surface area contributed by atoms with E-state index in [-0.39, 0.29) is 24.0 Å². The SMILES string of the molecule is CC(C)C(OC(=O)c1ccc(C(=O)OCOC2CC3CC2C2CCCC32)cc1)C(F)(F)C(=O)O. The van der Waals surface area contributed by atoms with Crippen LogP contribution in [0.3, 0.4) is 0 Å². The fourth-order valence-electron chi connectivity index (χ4n) is 6.13. The first-order valence-corrected chi connectivity index (χ1v) is 11.8. The molecule has 6 unspecified atom stereocenters. The molecule has 6 atom stereocenters. The Balaban J connectivity index is 1.28. The van der Waals surface area contributed by atoms with Crippen molar-refractivity contribution < 1.29 is 42.5 Å². The molecule has 0 heterocycles. The van der Waals surface area contributed by atoms with Gasteiger partial charge in [0.25, 0.3) is 0 Å². The van der Waals surface area contributed by atoms with Crippen LogP contribution in [-0.2, 0) is 19.0 Å². The summed E-state index contributed by atoms with van der Waals surface area (Å²) in [5.74, 6) is -6.37. The Morgan fingerprint density at radius 1 is 1.00 bits per heavy atom. The molecule has 9 heteroatoms. The zero-order valence-corrected chi connectivity index (χ0v) is 19.2. The van der Waals surface area contributed by atoms with Gasteiger partial charge in [-0.05, 0) is 79.5 Å². The smallest absolute Gasteiger partial charge is 0.378 e. The maximum absolute atomic E-state index is 13.9. The van der Waals surface area contributed by atoms with Crippen LogP contribution in [0, 0.1) is 29.6 Å². The highest BCUT2D eigenvalue weighted by Crippen LogP contribution is 2.59. The zero-order valence-electron chi connectivity index (χ0n) is 19.2. The molecule has 0 aromatic heterocycles. The minimum Gasteiger partial charge on any atom is -0.477 e. The molecule has 0 spiro atoms. The average molecular weight is 481 g/mol. The summed E-state index contributed by atoms with van der Waals surface area (Å²) in [5.41, 5.74) is 0.0768. The first-order chi connectivity index (χ1) is 16.1. The Hall–Kier alpha value is -2.55. The Kier molecular flexibility index (Phi) is 6.94. The molecule has 3 saturated carbocycles. The van der Waals surface area contributed by atoms with Crippen LogP contribution in [0.15, 0.2) is 24.3 Å². The van der Waals surface area contributed by atoms with E-state index in [1.54, 1.807) is 0 Å². The lowest BCUT2D eigenvalue weighted by Gasteiger charge is -2.31. The van der Waals surface area contributed by atoms with E-state index in [0.717, 1.165) is 24.2 Å². The van der Waals surface area contributed by atoms with Crippen molar-refractivity contribution in [2.45, 2.75) is 64.1 Å². The molecule has 3 aliphatic rings. The van der Waals surface area contributed by atoms with Gasteiger partial charge < -0.3 is 19.3 Å². The maximum Gasteiger partial charge on any atom is 0.378 e. The molecular weight excluding hydrogens is 450 g/mol. The van der Waals surface area contributed by atoms with Gasteiger partial charge in [-0.15, -0.1) is 0 Å². The number of carboxylic acids is 1. The molecule has 2 bridgehead atoms. The third kappa shape index (κ3) is 4.67. The number of alkyl halides is 2. The van der Waals surface area contributed by atoms with E-state index in [1.807, 2.05) is 0 Å². The fourth-order valence-corrected chi connectivity index (χ4v) is 6.13. The van der Waals surface area contributed by atoms with Gasteiger partial charge in [0.2, 0.25) is 0 Å². The van der Waals surface area contributed by atoms with Crippen LogP contribution in [0.5, 0.6) is 0 Å². The van der Waals surface area contributed by atoms with E-state index in [4.69, 9.17) is 19.3 Å². The molecule has 0 aliphatic heterocycles. The number of hydrogen-bond acceptors (Lipinski definition) is 6. The minimum absolute atomic E-state index is 0.0901. The summed E-state index contributed by atoms with van der Waals surface area (Å²) in [5, 5.41) is 8.75. The Morgan fingerprint density at radius 2 is 1.62 bits per heavy atom. The lowest BCUT2D eigenvalue weighted by atomic mass is 9.80. The third-order valence-electron chi connectivity index (χ3n) is 7.68. The number of rotatable bonds is 9. The number of ether oxygens (including phenoxy) is 3. The van der Waals surface area contributed by atoms with E-state index in [0.29, 0.717) is 5.92 Å². The molecule has 1 N–H and O–H groups in total. The number of carbonyl (C=O) groups excluding carboxylic acids is 2. The van der Waals surface area contributed by atoms with E-state index in [9.17, 15) is 23.2 Å². The molecule has 7 nitrogen and oxygen atoms in total. The molecule has 0 saturated heterocycles. The van der Waals surface area contributed by atoms with Crippen LogP contribution in [0.25, 0.3) is 0 Å². The van der Waals surface area contributed by atoms with E-state index in [1.165, 1.54) is 63.8 Å². The molecule has 1 aromatic carbocycles. The molecule has 0 radical (unpaired) electrons. The van der Waals surface area contributed by atoms with Crippen molar-refractivity contribution in [2.75, 3.05) is 6.79 Å². The van der Waals surface area contributed by atoms with Crippen molar-refractivity contribution in [3.63, 3.8) is 0 Å².